The van der Waals surface area contributed by atoms with Gasteiger partial charge in [-0.3, -0.25) is 0 Å². The molecule has 0 aromatic heterocycles. The molecular formula is C12H12. The molecule has 2 bridgehead atoms. The van der Waals surface area contributed by atoms with E-state index >= 15 is 0 Å². The van der Waals surface area contributed by atoms with Crippen LogP contribution in [-0.2, 0) is 0 Å². The van der Waals surface area contributed by atoms with E-state index in [0.717, 1.165) is 12.8 Å². The van der Waals surface area contributed by atoms with Crippen LogP contribution in [0.2, 0.25) is 0 Å². The Kier molecular flexibility index (Phi) is 2.08. The molecule has 0 heteroatoms. The van der Waals surface area contributed by atoms with Gasteiger partial charge in [0.1, 0.15) is 0 Å². The first kappa shape index (κ1) is 7.35. The highest BCUT2D eigenvalue weighted by Crippen LogP contribution is 2.20. The maximum absolute atomic E-state index is 2.22. The molecule has 0 spiro atoms. The van der Waals surface area contributed by atoms with Gasteiger partial charge >= 0.3 is 0 Å². The van der Waals surface area contributed by atoms with Crippen LogP contribution in [0, 0.1) is 0 Å². The average molecular weight is 156 g/mol. The molecule has 12 heavy (non-hydrogen) atoms. The van der Waals surface area contributed by atoms with E-state index in [-0.39, 0.29) is 0 Å². The molecular weight excluding hydrogens is 144 g/mol. The first-order chi connectivity index (χ1) is 5.95. The van der Waals surface area contributed by atoms with Crippen LogP contribution in [0.15, 0.2) is 59.8 Å². The van der Waals surface area contributed by atoms with Gasteiger partial charge in [-0.1, -0.05) is 54.2 Å². The zero-order valence-electron chi connectivity index (χ0n) is 7.03. The minimum absolute atomic E-state index is 1.09. The van der Waals surface area contributed by atoms with Crippen LogP contribution < -0.4 is 0 Å². The quantitative estimate of drug-likeness (QED) is 0.504. The topological polar surface area (TPSA) is 0 Å². The number of rotatable bonds is 0. The van der Waals surface area contributed by atoms with Crippen molar-refractivity contribution in [1.29, 1.82) is 0 Å². The van der Waals surface area contributed by atoms with Gasteiger partial charge in [-0.25, -0.2) is 0 Å². The van der Waals surface area contributed by atoms with Crippen molar-refractivity contribution in [3.8, 4) is 0 Å². The molecule has 2 rings (SSSR count). The van der Waals surface area contributed by atoms with E-state index in [9.17, 15) is 0 Å². The Bertz CT molecular complexity index is 309. The lowest BCUT2D eigenvalue weighted by molar-refractivity contribution is 1.07. The van der Waals surface area contributed by atoms with Crippen molar-refractivity contribution >= 4 is 0 Å². The second kappa shape index (κ2) is 3.40. The molecule has 60 valence electrons. The van der Waals surface area contributed by atoms with Gasteiger partial charge < -0.3 is 0 Å². The first-order valence-electron chi connectivity index (χ1n) is 4.33. The summed E-state index contributed by atoms with van der Waals surface area (Å²) < 4.78 is 0. The summed E-state index contributed by atoms with van der Waals surface area (Å²) in [6, 6.07) is 0. The van der Waals surface area contributed by atoms with Gasteiger partial charge in [0.25, 0.3) is 0 Å². The van der Waals surface area contributed by atoms with Crippen molar-refractivity contribution in [1.82, 2.24) is 0 Å². The highest BCUT2D eigenvalue weighted by Gasteiger charge is 2.01. The molecule has 0 fully saturated rings. The third kappa shape index (κ3) is 1.65. The summed E-state index contributed by atoms with van der Waals surface area (Å²) in [6.07, 6.45) is 19.4. The molecule has 2 aliphatic rings. The molecule has 0 saturated heterocycles. The van der Waals surface area contributed by atoms with Gasteiger partial charge in [0, 0.05) is 0 Å². The maximum Gasteiger partial charge on any atom is -0.00609 e. The molecule has 2 aliphatic carbocycles. The number of hydrogen-bond acceptors (Lipinski definition) is 0. The van der Waals surface area contributed by atoms with Crippen LogP contribution in [-0.4, -0.2) is 0 Å². The Morgan fingerprint density at radius 3 is 2.83 bits per heavy atom. The van der Waals surface area contributed by atoms with Crippen LogP contribution in [0.1, 0.15) is 12.8 Å². The molecule has 0 radical (unpaired) electrons. The third-order valence-electron chi connectivity index (χ3n) is 2.12. The predicted octanol–water partition coefficient (Wildman–Crippen LogP) is 3.32. The van der Waals surface area contributed by atoms with Crippen molar-refractivity contribution in [3.05, 3.63) is 59.8 Å². The summed E-state index contributed by atoms with van der Waals surface area (Å²) in [4.78, 5) is 0. The zero-order chi connectivity index (χ0) is 8.23. The second-order valence-electron chi connectivity index (χ2n) is 3.12. The molecule has 0 N–H and O–H groups in total. The summed E-state index contributed by atoms with van der Waals surface area (Å²) in [7, 11) is 0. The Labute approximate surface area is 73.3 Å². The summed E-state index contributed by atoms with van der Waals surface area (Å²) in [5.41, 5.74) is 2.90. The SMILES string of the molecule is C1=CC=C2C/C=C\C=C/C(=C1)C2. The van der Waals surface area contributed by atoms with Crippen molar-refractivity contribution in [2.75, 3.05) is 0 Å². The zero-order valence-corrected chi connectivity index (χ0v) is 7.03. The van der Waals surface area contributed by atoms with Crippen LogP contribution >= 0.6 is 0 Å². The number of fused-ring (bicyclic) bond motifs is 2. The first-order valence-corrected chi connectivity index (χ1v) is 4.33. The van der Waals surface area contributed by atoms with Crippen molar-refractivity contribution in [2.45, 2.75) is 12.8 Å². The van der Waals surface area contributed by atoms with Crippen molar-refractivity contribution in [2.24, 2.45) is 0 Å². The van der Waals surface area contributed by atoms with Crippen molar-refractivity contribution in [3.63, 3.8) is 0 Å². The summed E-state index contributed by atoms with van der Waals surface area (Å²) in [5.74, 6) is 0. The van der Waals surface area contributed by atoms with E-state index < -0.39 is 0 Å². The molecule has 0 amide bonds. The Hall–Kier alpha value is -1.30. The van der Waals surface area contributed by atoms with Gasteiger partial charge in [-0.05, 0) is 18.4 Å². The lowest BCUT2D eigenvalue weighted by Crippen LogP contribution is -1.85. The lowest BCUT2D eigenvalue weighted by Gasteiger charge is -2.05. The highest BCUT2D eigenvalue weighted by atomic mass is 14.1. The average Bonchev–Trinajstić information content (AvgIpc) is 2.25. The number of allylic oxidation sites excluding steroid dienone is 10. The van der Waals surface area contributed by atoms with E-state index in [1.165, 1.54) is 11.1 Å². The van der Waals surface area contributed by atoms with Gasteiger partial charge in [0.15, 0.2) is 0 Å². The summed E-state index contributed by atoms with van der Waals surface area (Å²) in [5, 5.41) is 0. The molecule has 0 aromatic carbocycles. The van der Waals surface area contributed by atoms with Gasteiger partial charge in [0.2, 0.25) is 0 Å². The van der Waals surface area contributed by atoms with Gasteiger partial charge in [0.05, 0.1) is 0 Å². The normalized spacial score (nSPS) is 26.0. The van der Waals surface area contributed by atoms with E-state index in [2.05, 4.69) is 48.6 Å². The highest BCUT2D eigenvalue weighted by molar-refractivity contribution is 5.37. The van der Waals surface area contributed by atoms with E-state index in [1.807, 2.05) is 0 Å². The molecule has 0 atom stereocenters. The Balaban J connectivity index is 2.37. The van der Waals surface area contributed by atoms with Gasteiger partial charge in [-0.2, -0.15) is 0 Å². The van der Waals surface area contributed by atoms with Crippen LogP contribution in [0.3, 0.4) is 0 Å². The van der Waals surface area contributed by atoms with Crippen LogP contribution in [0.25, 0.3) is 0 Å². The van der Waals surface area contributed by atoms with Gasteiger partial charge in [-0.15, -0.1) is 0 Å². The molecule has 0 heterocycles. The van der Waals surface area contributed by atoms with E-state index in [0.29, 0.717) is 0 Å². The minimum Gasteiger partial charge on any atom is -0.0804 e. The summed E-state index contributed by atoms with van der Waals surface area (Å²) in [6.45, 7) is 0. The fourth-order valence-corrected chi connectivity index (χ4v) is 1.48. The Morgan fingerprint density at radius 2 is 1.83 bits per heavy atom. The standard InChI is InChI=1S/C12H12/c1-2-6-11-8-4-5-9-12(10-11)7-3-1/h1-6,8-9H,7,10H2/b3-1-,6-2-. The monoisotopic (exact) mass is 156 g/mol. The summed E-state index contributed by atoms with van der Waals surface area (Å²) >= 11 is 0. The fourth-order valence-electron chi connectivity index (χ4n) is 1.48. The molecule has 0 aliphatic heterocycles. The smallest absolute Gasteiger partial charge is 0.00609 e. The Morgan fingerprint density at radius 1 is 0.917 bits per heavy atom. The second-order valence-corrected chi connectivity index (χ2v) is 3.12. The van der Waals surface area contributed by atoms with Crippen LogP contribution in [0.4, 0.5) is 0 Å². The van der Waals surface area contributed by atoms with Crippen LogP contribution in [0.5, 0.6) is 0 Å². The number of hydrogen-bond donors (Lipinski definition) is 0. The largest absolute Gasteiger partial charge is 0.0804 e. The molecule has 0 nitrogen and oxygen atoms in total. The maximum atomic E-state index is 2.22. The molecule has 0 aromatic rings. The fraction of sp³-hybridized carbons (Fsp3) is 0.167. The van der Waals surface area contributed by atoms with E-state index in [1.54, 1.807) is 0 Å². The minimum atomic E-state index is 1.09. The molecule has 0 saturated carbocycles. The van der Waals surface area contributed by atoms with E-state index in [4.69, 9.17) is 0 Å². The predicted molar refractivity (Wildman–Crippen MR) is 52.8 cm³/mol. The third-order valence-corrected chi connectivity index (χ3v) is 2.12. The lowest BCUT2D eigenvalue weighted by atomic mass is 10.0. The molecule has 0 unspecified atom stereocenters. The van der Waals surface area contributed by atoms with Crippen molar-refractivity contribution < 1.29 is 0 Å².